The van der Waals surface area contributed by atoms with Crippen LogP contribution >= 0.6 is 0 Å². The van der Waals surface area contributed by atoms with Gasteiger partial charge in [0.1, 0.15) is 5.82 Å². The van der Waals surface area contributed by atoms with E-state index in [1.807, 2.05) is 49.4 Å². The molecule has 2 heterocycles. The fraction of sp³-hybridized carbons (Fsp3) is 0.188. The molecule has 0 saturated carbocycles. The summed E-state index contributed by atoms with van der Waals surface area (Å²) >= 11 is 0. The maximum absolute atomic E-state index is 12.4. The highest BCUT2D eigenvalue weighted by molar-refractivity contribution is 5.80. The van der Waals surface area contributed by atoms with Crippen molar-refractivity contribution in [1.29, 1.82) is 0 Å². The smallest absolute Gasteiger partial charge is 0.274 e. The number of benzene rings is 1. The number of nitrogens with one attached hydrogen (secondary N) is 1. The Kier molecular flexibility index (Phi) is 3.64. The zero-order chi connectivity index (χ0) is 14.7. The van der Waals surface area contributed by atoms with Crippen molar-refractivity contribution in [1.82, 2.24) is 14.8 Å². The third-order valence-electron chi connectivity index (χ3n) is 3.24. The summed E-state index contributed by atoms with van der Waals surface area (Å²) in [4.78, 5) is 16.9. The average molecular weight is 280 g/mol. The van der Waals surface area contributed by atoms with Crippen molar-refractivity contribution in [2.75, 3.05) is 11.9 Å². The predicted octanol–water partition coefficient (Wildman–Crippen LogP) is 2.27. The van der Waals surface area contributed by atoms with E-state index in [0.29, 0.717) is 11.9 Å². The van der Waals surface area contributed by atoms with Gasteiger partial charge in [-0.3, -0.25) is 4.79 Å². The van der Waals surface area contributed by atoms with Crippen LogP contribution in [-0.4, -0.2) is 21.3 Å². The molecule has 2 aromatic heterocycles. The topological polar surface area (TPSA) is 59.8 Å². The highest BCUT2D eigenvalue weighted by Crippen LogP contribution is 2.08. The van der Waals surface area contributed by atoms with E-state index >= 15 is 0 Å². The minimum Gasteiger partial charge on any atom is -0.370 e. The van der Waals surface area contributed by atoms with Crippen molar-refractivity contribution in [3.63, 3.8) is 0 Å². The number of rotatable bonds is 4. The molecule has 1 N–H and O–H groups in total. The summed E-state index contributed by atoms with van der Waals surface area (Å²) in [6, 6.07) is 13.2. The van der Waals surface area contributed by atoms with E-state index in [-0.39, 0.29) is 5.56 Å². The second kappa shape index (κ2) is 5.75. The van der Waals surface area contributed by atoms with Crippen LogP contribution in [0.25, 0.3) is 10.8 Å². The first-order valence-corrected chi connectivity index (χ1v) is 6.92. The van der Waals surface area contributed by atoms with Gasteiger partial charge >= 0.3 is 0 Å². The van der Waals surface area contributed by atoms with Gasteiger partial charge < -0.3 is 5.32 Å². The molecule has 0 aliphatic rings. The molecule has 21 heavy (non-hydrogen) atoms. The van der Waals surface area contributed by atoms with Crippen molar-refractivity contribution in [3.8, 4) is 0 Å². The van der Waals surface area contributed by atoms with Crippen LogP contribution < -0.4 is 10.9 Å². The Hall–Kier alpha value is -2.69. The lowest BCUT2D eigenvalue weighted by Gasteiger charge is -2.07. The molecule has 1 aromatic carbocycles. The molecule has 0 atom stereocenters. The van der Waals surface area contributed by atoms with E-state index in [4.69, 9.17) is 0 Å². The predicted molar refractivity (Wildman–Crippen MR) is 83.5 cm³/mol. The van der Waals surface area contributed by atoms with Crippen LogP contribution in [0.15, 0.2) is 53.5 Å². The summed E-state index contributed by atoms with van der Waals surface area (Å²) in [5.41, 5.74) is 0.710. The van der Waals surface area contributed by atoms with Crippen molar-refractivity contribution in [2.45, 2.75) is 13.5 Å². The Morgan fingerprint density at radius 3 is 2.86 bits per heavy atom. The average Bonchev–Trinajstić information content (AvgIpc) is 2.51. The molecule has 0 aliphatic heterocycles. The Labute approximate surface area is 122 Å². The molecule has 3 aromatic rings. The maximum Gasteiger partial charge on any atom is 0.274 e. The number of nitrogens with zero attached hydrogens (tertiary/aromatic N) is 3. The SMILES string of the molecule is CCNc1cccc(Cn2ncc3ccccc3c2=O)n1. The minimum atomic E-state index is -0.0937. The Morgan fingerprint density at radius 1 is 1.14 bits per heavy atom. The maximum atomic E-state index is 12.4. The molecule has 0 aliphatic carbocycles. The van der Waals surface area contributed by atoms with Gasteiger partial charge in [-0.05, 0) is 25.1 Å². The highest BCUT2D eigenvalue weighted by Gasteiger charge is 2.05. The number of anilines is 1. The summed E-state index contributed by atoms with van der Waals surface area (Å²) in [5, 5.41) is 8.91. The Bertz CT molecular complexity index is 826. The minimum absolute atomic E-state index is 0.0937. The van der Waals surface area contributed by atoms with Gasteiger partial charge in [0.05, 0.1) is 23.8 Å². The molecular formula is C16H16N4O. The number of aromatic nitrogens is 3. The summed E-state index contributed by atoms with van der Waals surface area (Å²) < 4.78 is 1.44. The molecule has 0 bridgehead atoms. The molecule has 3 rings (SSSR count). The molecular weight excluding hydrogens is 264 g/mol. The van der Waals surface area contributed by atoms with Crippen molar-refractivity contribution in [2.24, 2.45) is 0 Å². The highest BCUT2D eigenvalue weighted by atomic mass is 16.1. The van der Waals surface area contributed by atoms with Gasteiger partial charge in [-0.15, -0.1) is 0 Å². The van der Waals surface area contributed by atoms with Gasteiger partial charge in [-0.25, -0.2) is 9.67 Å². The van der Waals surface area contributed by atoms with Crippen LogP contribution in [-0.2, 0) is 6.54 Å². The Balaban J connectivity index is 1.96. The van der Waals surface area contributed by atoms with Gasteiger partial charge in [0.2, 0.25) is 0 Å². The van der Waals surface area contributed by atoms with Crippen LogP contribution in [0.5, 0.6) is 0 Å². The number of pyridine rings is 1. The van der Waals surface area contributed by atoms with E-state index in [2.05, 4.69) is 15.4 Å². The van der Waals surface area contributed by atoms with E-state index in [1.54, 1.807) is 6.20 Å². The zero-order valence-corrected chi connectivity index (χ0v) is 11.8. The zero-order valence-electron chi connectivity index (χ0n) is 11.8. The first-order chi connectivity index (χ1) is 10.3. The van der Waals surface area contributed by atoms with Gasteiger partial charge in [-0.1, -0.05) is 24.3 Å². The first kappa shape index (κ1) is 13.3. The van der Waals surface area contributed by atoms with E-state index < -0.39 is 0 Å². The quantitative estimate of drug-likeness (QED) is 0.796. The fourth-order valence-electron chi connectivity index (χ4n) is 2.24. The standard InChI is InChI=1S/C16H16N4O/c1-2-17-15-9-5-7-13(19-15)11-20-16(21)14-8-4-3-6-12(14)10-18-20/h3-10H,2,11H2,1H3,(H,17,19). The number of fused-ring (bicyclic) bond motifs is 1. The van der Waals surface area contributed by atoms with Crippen LogP contribution in [0.3, 0.4) is 0 Å². The molecule has 0 saturated heterocycles. The second-order valence-electron chi connectivity index (χ2n) is 4.74. The van der Waals surface area contributed by atoms with Gasteiger partial charge in [0, 0.05) is 11.9 Å². The monoisotopic (exact) mass is 280 g/mol. The number of hydrogen-bond donors (Lipinski definition) is 1. The normalized spacial score (nSPS) is 10.7. The van der Waals surface area contributed by atoms with Crippen LogP contribution in [0.2, 0.25) is 0 Å². The lowest BCUT2D eigenvalue weighted by atomic mass is 10.2. The van der Waals surface area contributed by atoms with Gasteiger partial charge in [-0.2, -0.15) is 5.10 Å². The van der Waals surface area contributed by atoms with Gasteiger partial charge in [0.15, 0.2) is 0 Å². The molecule has 0 spiro atoms. The van der Waals surface area contributed by atoms with Crippen molar-refractivity contribution < 1.29 is 0 Å². The van der Waals surface area contributed by atoms with Gasteiger partial charge in [0.25, 0.3) is 5.56 Å². The van der Waals surface area contributed by atoms with Crippen LogP contribution in [0.4, 0.5) is 5.82 Å². The number of hydrogen-bond acceptors (Lipinski definition) is 4. The molecule has 0 unspecified atom stereocenters. The summed E-state index contributed by atoms with van der Waals surface area (Å²) in [6.07, 6.45) is 1.71. The van der Waals surface area contributed by atoms with E-state index in [0.717, 1.165) is 23.4 Å². The molecule has 5 nitrogen and oxygen atoms in total. The second-order valence-corrected chi connectivity index (χ2v) is 4.74. The van der Waals surface area contributed by atoms with E-state index in [1.165, 1.54) is 4.68 Å². The van der Waals surface area contributed by atoms with Crippen molar-refractivity contribution >= 4 is 16.6 Å². The molecule has 0 fully saturated rings. The molecule has 0 radical (unpaired) electrons. The molecule has 5 heteroatoms. The summed E-state index contributed by atoms with van der Waals surface area (Å²) in [5.74, 6) is 0.809. The lowest BCUT2D eigenvalue weighted by molar-refractivity contribution is 0.636. The van der Waals surface area contributed by atoms with Crippen LogP contribution in [0.1, 0.15) is 12.6 Å². The van der Waals surface area contributed by atoms with E-state index in [9.17, 15) is 4.79 Å². The third kappa shape index (κ3) is 2.76. The Morgan fingerprint density at radius 2 is 2.00 bits per heavy atom. The first-order valence-electron chi connectivity index (χ1n) is 6.92. The summed E-state index contributed by atoms with van der Waals surface area (Å²) in [7, 11) is 0. The van der Waals surface area contributed by atoms with Crippen LogP contribution in [0, 0.1) is 0 Å². The third-order valence-corrected chi connectivity index (χ3v) is 3.24. The lowest BCUT2D eigenvalue weighted by Crippen LogP contribution is -2.23. The summed E-state index contributed by atoms with van der Waals surface area (Å²) in [6.45, 7) is 3.19. The molecule has 0 amide bonds. The fourth-order valence-corrected chi connectivity index (χ4v) is 2.24. The molecule has 106 valence electrons. The largest absolute Gasteiger partial charge is 0.370 e. The van der Waals surface area contributed by atoms with Crippen molar-refractivity contribution in [3.05, 3.63) is 64.7 Å².